The zero-order chi connectivity index (χ0) is 24.8. The Hall–Kier alpha value is -1.84. The zero-order valence-electron chi connectivity index (χ0n) is 14.3. The Morgan fingerprint density at radius 3 is 1.30 bits per heavy atom. The molecule has 0 aliphatic rings. The zero-order valence-corrected chi connectivity index (χ0v) is 14.3. The monoisotopic (exact) mass is 482 g/mol. The van der Waals surface area contributed by atoms with Crippen LogP contribution in [-0.2, 0) is 9.53 Å². The Labute approximate surface area is 156 Å². The first-order chi connectivity index (χ1) is 12.9. The number of hydrogen-bond donors (Lipinski definition) is 0. The van der Waals surface area contributed by atoms with E-state index in [2.05, 4.69) is 4.74 Å². The minimum atomic E-state index is -8.40. The molecule has 0 heterocycles. The van der Waals surface area contributed by atoms with Crippen molar-refractivity contribution in [3.63, 3.8) is 0 Å². The summed E-state index contributed by atoms with van der Waals surface area (Å²) in [5.41, 5.74) is -2.78. The maximum absolute atomic E-state index is 13.8. The summed E-state index contributed by atoms with van der Waals surface area (Å²) in [5, 5.41) is 0. The van der Waals surface area contributed by atoms with Gasteiger partial charge in [0.15, 0.2) is 0 Å². The van der Waals surface area contributed by atoms with Gasteiger partial charge in [-0.05, 0) is 13.8 Å². The molecule has 0 saturated carbocycles. The van der Waals surface area contributed by atoms with Crippen molar-refractivity contribution >= 4 is 5.97 Å². The maximum atomic E-state index is 13.8. The van der Waals surface area contributed by atoms with Crippen LogP contribution in [0.4, 0.5) is 65.9 Å². The number of carbonyl (C=O) groups is 1. The Balaban J connectivity index is 6.73. The molecule has 0 fully saturated rings. The van der Waals surface area contributed by atoms with E-state index in [1.165, 1.54) is 0 Å². The summed E-state index contributed by atoms with van der Waals surface area (Å²) in [6.07, 6.45) is -8.05. The normalized spacial score (nSPS) is 16.0. The molecule has 0 amide bonds. The van der Waals surface area contributed by atoms with Crippen LogP contribution in [0.5, 0.6) is 0 Å². The highest BCUT2D eigenvalue weighted by atomic mass is 19.4. The molecule has 0 spiro atoms. The van der Waals surface area contributed by atoms with E-state index in [1.807, 2.05) is 0 Å². The SMILES string of the molecule is CC=C(C(=O)OCC)C(F)(F)C(F)(F)C(F)(F)C(F)(F)C(F)(F)C(F)(F)C(F)(F)F. The molecule has 0 unspecified atom stereocenters. The van der Waals surface area contributed by atoms with Crippen LogP contribution in [0.25, 0.3) is 0 Å². The predicted molar refractivity (Wildman–Crippen MR) is 66.1 cm³/mol. The Bertz CT molecular complexity index is 675. The van der Waals surface area contributed by atoms with Crippen LogP contribution in [0, 0.1) is 0 Å². The van der Waals surface area contributed by atoms with Crippen molar-refractivity contribution in [3.05, 3.63) is 11.6 Å². The molecule has 0 aromatic rings. The first-order valence-electron chi connectivity index (χ1n) is 7.10. The third kappa shape index (κ3) is 3.67. The average molecular weight is 482 g/mol. The lowest BCUT2D eigenvalue weighted by Gasteiger charge is -2.41. The highest BCUT2D eigenvalue weighted by molar-refractivity contribution is 5.90. The van der Waals surface area contributed by atoms with E-state index >= 15 is 0 Å². The van der Waals surface area contributed by atoms with Crippen molar-refractivity contribution < 1.29 is 75.4 Å². The van der Waals surface area contributed by atoms with Crippen LogP contribution in [0.15, 0.2) is 11.6 Å². The van der Waals surface area contributed by atoms with Gasteiger partial charge in [-0.15, -0.1) is 0 Å². The lowest BCUT2D eigenvalue weighted by atomic mass is 9.88. The molecule has 0 saturated heterocycles. The van der Waals surface area contributed by atoms with E-state index in [0.717, 1.165) is 6.92 Å². The highest BCUT2D eigenvalue weighted by Crippen LogP contribution is 2.63. The summed E-state index contributed by atoms with van der Waals surface area (Å²) in [4.78, 5) is 11.2. The number of halogens is 15. The number of carbonyl (C=O) groups excluding carboxylic acids is 1. The molecule has 17 heteroatoms. The third-order valence-corrected chi connectivity index (χ3v) is 3.45. The van der Waals surface area contributed by atoms with Gasteiger partial charge in [0.1, 0.15) is 5.57 Å². The number of alkyl halides is 15. The largest absolute Gasteiger partial charge is 0.462 e. The standard InChI is InChI=1S/C13H9F15O2/c1-3-5(6(29)30-4-2)7(14,15)8(16,17)9(18,19)10(20,21)11(22,23)12(24,25)13(26,27)28/h3H,4H2,1-2H3. The Kier molecular flexibility index (Phi) is 7.22. The van der Waals surface area contributed by atoms with Gasteiger partial charge in [-0.2, -0.15) is 65.9 Å². The minimum absolute atomic E-state index is 0.291. The molecule has 30 heavy (non-hydrogen) atoms. The van der Waals surface area contributed by atoms with Gasteiger partial charge >= 0.3 is 47.7 Å². The number of hydrogen-bond acceptors (Lipinski definition) is 2. The Morgan fingerprint density at radius 1 is 0.667 bits per heavy atom. The van der Waals surface area contributed by atoms with E-state index in [4.69, 9.17) is 0 Å². The highest BCUT2D eigenvalue weighted by Gasteiger charge is 2.93. The van der Waals surface area contributed by atoms with Gasteiger partial charge in [-0.3, -0.25) is 0 Å². The fraction of sp³-hybridized carbons (Fsp3) is 0.769. The molecule has 178 valence electrons. The van der Waals surface area contributed by atoms with E-state index in [9.17, 15) is 70.7 Å². The second-order valence-electron chi connectivity index (χ2n) is 5.37. The van der Waals surface area contributed by atoms with E-state index < -0.39 is 59.9 Å². The smallest absolute Gasteiger partial charge is 0.460 e. The van der Waals surface area contributed by atoms with E-state index in [0.29, 0.717) is 6.92 Å². The quantitative estimate of drug-likeness (QED) is 0.246. The van der Waals surface area contributed by atoms with Gasteiger partial charge in [0, 0.05) is 0 Å². The number of esters is 1. The van der Waals surface area contributed by atoms with Crippen LogP contribution in [0.2, 0.25) is 0 Å². The summed E-state index contributed by atoms with van der Waals surface area (Å²) in [6, 6.07) is 0. The average Bonchev–Trinajstić information content (AvgIpc) is 2.53. The van der Waals surface area contributed by atoms with E-state index in [1.54, 1.807) is 0 Å². The van der Waals surface area contributed by atoms with Gasteiger partial charge in [0.25, 0.3) is 0 Å². The molecule has 0 aromatic carbocycles. The summed E-state index contributed by atoms with van der Waals surface area (Å²) in [6.45, 7) is 0.309. The van der Waals surface area contributed by atoms with Crippen LogP contribution in [-0.4, -0.2) is 54.3 Å². The Morgan fingerprint density at radius 2 is 1.00 bits per heavy atom. The number of allylic oxidation sites excluding steroid dienone is 1. The fourth-order valence-electron chi connectivity index (χ4n) is 1.77. The molecule has 0 aromatic heterocycles. The van der Waals surface area contributed by atoms with Crippen LogP contribution in [0.3, 0.4) is 0 Å². The van der Waals surface area contributed by atoms with Crippen molar-refractivity contribution in [2.75, 3.05) is 6.61 Å². The van der Waals surface area contributed by atoms with Crippen LogP contribution in [0.1, 0.15) is 13.8 Å². The van der Waals surface area contributed by atoms with Crippen molar-refractivity contribution in [2.24, 2.45) is 0 Å². The topological polar surface area (TPSA) is 26.3 Å². The van der Waals surface area contributed by atoms with Gasteiger partial charge in [-0.1, -0.05) is 6.08 Å². The minimum Gasteiger partial charge on any atom is -0.462 e. The van der Waals surface area contributed by atoms with Crippen molar-refractivity contribution in [2.45, 2.75) is 55.6 Å². The maximum Gasteiger partial charge on any atom is 0.460 e. The summed E-state index contributed by atoms with van der Waals surface area (Å²) in [5.74, 6) is -50.1. The fourth-order valence-corrected chi connectivity index (χ4v) is 1.77. The van der Waals surface area contributed by atoms with Gasteiger partial charge in [0.2, 0.25) is 0 Å². The second kappa shape index (κ2) is 7.69. The summed E-state index contributed by atoms with van der Waals surface area (Å²) >= 11 is 0. The molecule has 0 N–H and O–H groups in total. The molecule has 0 aliphatic carbocycles. The lowest BCUT2D eigenvalue weighted by molar-refractivity contribution is -0.450. The number of ether oxygens (including phenoxy) is 1. The van der Waals surface area contributed by atoms with Gasteiger partial charge < -0.3 is 4.74 Å². The summed E-state index contributed by atoms with van der Waals surface area (Å²) in [7, 11) is 0. The van der Waals surface area contributed by atoms with Crippen molar-refractivity contribution in [3.8, 4) is 0 Å². The van der Waals surface area contributed by atoms with Gasteiger partial charge in [-0.25, -0.2) is 4.79 Å². The van der Waals surface area contributed by atoms with E-state index in [-0.39, 0.29) is 6.08 Å². The third-order valence-electron chi connectivity index (χ3n) is 3.45. The molecular formula is C13H9F15O2. The van der Waals surface area contributed by atoms with Crippen LogP contribution < -0.4 is 0 Å². The van der Waals surface area contributed by atoms with Crippen LogP contribution >= 0.6 is 0 Å². The number of rotatable bonds is 8. The predicted octanol–water partition coefficient (Wildman–Crippen LogP) is 5.87. The van der Waals surface area contributed by atoms with Crippen molar-refractivity contribution in [1.82, 2.24) is 0 Å². The van der Waals surface area contributed by atoms with Gasteiger partial charge in [0.05, 0.1) is 6.61 Å². The first kappa shape index (κ1) is 28.2. The summed E-state index contributed by atoms with van der Waals surface area (Å²) < 4.78 is 200. The molecule has 0 rings (SSSR count). The molecule has 2 nitrogen and oxygen atoms in total. The molecule has 0 atom stereocenters. The van der Waals surface area contributed by atoms with Crippen molar-refractivity contribution in [1.29, 1.82) is 0 Å². The molecule has 0 radical (unpaired) electrons. The molecule has 0 aliphatic heterocycles. The second-order valence-corrected chi connectivity index (χ2v) is 5.37. The first-order valence-corrected chi connectivity index (χ1v) is 7.10. The lowest BCUT2D eigenvalue weighted by Crippen LogP contribution is -2.72. The molecule has 0 bridgehead atoms. The molecular weight excluding hydrogens is 473 g/mol.